The fourth-order valence-corrected chi connectivity index (χ4v) is 2.02. The van der Waals surface area contributed by atoms with Gasteiger partial charge in [-0.2, -0.15) is 0 Å². The zero-order chi connectivity index (χ0) is 11.3. The Kier molecular flexibility index (Phi) is 4.54. The van der Waals surface area contributed by atoms with Crippen molar-refractivity contribution >= 4 is 5.97 Å². The molecule has 2 unspecified atom stereocenters. The van der Waals surface area contributed by atoms with Gasteiger partial charge in [0.15, 0.2) is 5.60 Å². The largest absolute Gasteiger partial charge is 0.467 e. The predicted molar refractivity (Wildman–Crippen MR) is 55.6 cm³/mol. The minimum Gasteiger partial charge on any atom is -0.467 e. The van der Waals surface area contributed by atoms with E-state index in [4.69, 9.17) is 14.2 Å². The number of carbonyl (C=O) groups is 1. The van der Waals surface area contributed by atoms with Crippen molar-refractivity contribution in [2.45, 2.75) is 32.3 Å². The highest BCUT2D eigenvalue weighted by Crippen LogP contribution is 2.30. The molecular formula is C11H20O4. The van der Waals surface area contributed by atoms with E-state index in [9.17, 15) is 4.79 Å². The highest BCUT2D eigenvalue weighted by atomic mass is 16.6. The van der Waals surface area contributed by atoms with Crippen molar-refractivity contribution in [2.75, 3.05) is 26.9 Å². The third-order valence-corrected chi connectivity index (χ3v) is 2.97. The molecular weight excluding hydrogens is 196 g/mol. The van der Waals surface area contributed by atoms with Crippen LogP contribution < -0.4 is 0 Å². The van der Waals surface area contributed by atoms with Gasteiger partial charge >= 0.3 is 5.97 Å². The topological polar surface area (TPSA) is 44.8 Å². The first kappa shape index (κ1) is 12.5. The van der Waals surface area contributed by atoms with Gasteiger partial charge in [-0.3, -0.25) is 0 Å². The maximum atomic E-state index is 11.7. The molecule has 0 aromatic rings. The van der Waals surface area contributed by atoms with Gasteiger partial charge in [-0.15, -0.1) is 0 Å². The number of carbonyl (C=O) groups excluding carboxylic acids is 1. The molecule has 0 bridgehead atoms. The summed E-state index contributed by atoms with van der Waals surface area (Å²) in [5, 5.41) is 0. The highest BCUT2D eigenvalue weighted by Gasteiger charge is 2.44. The van der Waals surface area contributed by atoms with Crippen LogP contribution in [0.5, 0.6) is 0 Å². The minimum absolute atomic E-state index is 0.0960. The third-order valence-electron chi connectivity index (χ3n) is 2.97. The fourth-order valence-electron chi connectivity index (χ4n) is 2.02. The Bertz CT molecular complexity index is 211. The van der Waals surface area contributed by atoms with Crippen molar-refractivity contribution in [3.63, 3.8) is 0 Å². The van der Waals surface area contributed by atoms with Gasteiger partial charge in [0.1, 0.15) is 0 Å². The summed E-state index contributed by atoms with van der Waals surface area (Å²) < 4.78 is 15.8. The Balaban J connectivity index is 2.73. The molecule has 1 heterocycles. The molecule has 0 aliphatic carbocycles. The average molecular weight is 216 g/mol. The number of ether oxygens (including phenoxy) is 3. The van der Waals surface area contributed by atoms with Crippen LogP contribution in [0, 0.1) is 5.92 Å². The van der Waals surface area contributed by atoms with Crippen molar-refractivity contribution in [2.24, 2.45) is 5.92 Å². The lowest BCUT2D eigenvalue weighted by Crippen LogP contribution is -2.49. The summed E-state index contributed by atoms with van der Waals surface area (Å²) in [6.07, 6.45) is 1.93. The molecule has 4 heteroatoms. The van der Waals surface area contributed by atoms with Crippen LogP contribution >= 0.6 is 0 Å². The second-order valence-corrected chi connectivity index (χ2v) is 3.95. The zero-order valence-electron chi connectivity index (χ0n) is 9.75. The smallest absolute Gasteiger partial charge is 0.338 e. The number of rotatable bonds is 4. The first-order chi connectivity index (χ1) is 7.15. The molecule has 0 saturated carbocycles. The highest BCUT2D eigenvalue weighted by molar-refractivity contribution is 5.79. The van der Waals surface area contributed by atoms with Gasteiger partial charge < -0.3 is 14.2 Å². The van der Waals surface area contributed by atoms with E-state index in [1.807, 2.05) is 6.92 Å². The number of hydrogen-bond donors (Lipinski definition) is 0. The molecule has 1 aliphatic rings. The molecule has 0 aromatic heterocycles. The van der Waals surface area contributed by atoms with Crippen LogP contribution in [0.4, 0.5) is 0 Å². The first-order valence-electron chi connectivity index (χ1n) is 5.45. The fraction of sp³-hybridized carbons (Fsp3) is 0.909. The molecule has 15 heavy (non-hydrogen) atoms. The van der Waals surface area contributed by atoms with Crippen LogP contribution in [0.1, 0.15) is 26.7 Å². The van der Waals surface area contributed by atoms with E-state index in [0.29, 0.717) is 13.2 Å². The SMILES string of the molecule is CCOC(C)(C(=O)OC)C1CCCOC1. The molecule has 4 nitrogen and oxygen atoms in total. The summed E-state index contributed by atoms with van der Waals surface area (Å²) >= 11 is 0. The quantitative estimate of drug-likeness (QED) is 0.666. The van der Waals surface area contributed by atoms with Crippen molar-refractivity contribution in [1.29, 1.82) is 0 Å². The lowest BCUT2D eigenvalue weighted by molar-refractivity contribution is -0.181. The molecule has 0 spiro atoms. The van der Waals surface area contributed by atoms with Crippen LogP contribution in [0.15, 0.2) is 0 Å². The van der Waals surface area contributed by atoms with Crippen molar-refractivity contribution in [3.8, 4) is 0 Å². The van der Waals surface area contributed by atoms with Gasteiger partial charge in [-0.1, -0.05) is 0 Å². The molecule has 0 radical (unpaired) electrons. The van der Waals surface area contributed by atoms with Crippen LogP contribution in [-0.4, -0.2) is 38.5 Å². The maximum Gasteiger partial charge on any atom is 0.338 e. The van der Waals surface area contributed by atoms with Gasteiger partial charge in [-0.25, -0.2) is 4.79 Å². The third kappa shape index (κ3) is 2.69. The summed E-state index contributed by atoms with van der Waals surface area (Å²) in [6.45, 7) is 5.53. The summed E-state index contributed by atoms with van der Waals surface area (Å²) in [6, 6.07) is 0. The summed E-state index contributed by atoms with van der Waals surface area (Å²) in [5.74, 6) is -0.210. The van der Waals surface area contributed by atoms with Gasteiger partial charge in [0.2, 0.25) is 0 Å². The Labute approximate surface area is 90.9 Å². The van der Waals surface area contributed by atoms with Crippen LogP contribution in [-0.2, 0) is 19.0 Å². The Hall–Kier alpha value is -0.610. The summed E-state index contributed by atoms with van der Waals surface area (Å²) in [7, 11) is 1.39. The van der Waals surface area contributed by atoms with E-state index in [0.717, 1.165) is 19.4 Å². The number of esters is 1. The second-order valence-electron chi connectivity index (χ2n) is 3.95. The van der Waals surface area contributed by atoms with E-state index in [1.165, 1.54) is 7.11 Å². The molecule has 0 N–H and O–H groups in total. The van der Waals surface area contributed by atoms with Gasteiger partial charge in [0, 0.05) is 19.1 Å². The molecule has 0 amide bonds. The van der Waals surface area contributed by atoms with Crippen molar-refractivity contribution in [1.82, 2.24) is 0 Å². The Morgan fingerprint density at radius 1 is 1.60 bits per heavy atom. The summed E-state index contributed by atoms with van der Waals surface area (Å²) in [4.78, 5) is 11.7. The summed E-state index contributed by atoms with van der Waals surface area (Å²) in [5.41, 5.74) is -0.857. The molecule has 1 fully saturated rings. The van der Waals surface area contributed by atoms with Crippen LogP contribution in [0.25, 0.3) is 0 Å². The molecule has 1 aliphatic heterocycles. The molecule has 2 atom stereocenters. The van der Waals surface area contributed by atoms with E-state index in [-0.39, 0.29) is 11.9 Å². The zero-order valence-corrected chi connectivity index (χ0v) is 9.75. The minimum atomic E-state index is -0.857. The molecule has 1 saturated heterocycles. The van der Waals surface area contributed by atoms with Crippen molar-refractivity contribution in [3.05, 3.63) is 0 Å². The van der Waals surface area contributed by atoms with Gasteiger partial charge in [-0.05, 0) is 26.7 Å². The lowest BCUT2D eigenvalue weighted by Gasteiger charge is -2.36. The molecule has 1 rings (SSSR count). The number of methoxy groups -OCH3 is 1. The number of hydrogen-bond acceptors (Lipinski definition) is 4. The lowest BCUT2D eigenvalue weighted by atomic mass is 9.84. The predicted octanol–water partition coefficient (Wildman–Crippen LogP) is 1.38. The first-order valence-corrected chi connectivity index (χ1v) is 5.45. The van der Waals surface area contributed by atoms with Gasteiger partial charge in [0.25, 0.3) is 0 Å². The van der Waals surface area contributed by atoms with E-state index in [2.05, 4.69) is 0 Å². The second kappa shape index (κ2) is 5.47. The van der Waals surface area contributed by atoms with Gasteiger partial charge in [0.05, 0.1) is 13.7 Å². The monoisotopic (exact) mass is 216 g/mol. The normalized spacial score (nSPS) is 25.7. The van der Waals surface area contributed by atoms with Crippen LogP contribution in [0.3, 0.4) is 0 Å². The average Bonchev–Trinajstić information content (AvgIpc) is 2.29. The van der Waals surface area contributed by atoms with E-state index >= 15 is 0 Å². The van der Waals surface area contributed by atoms with Crippen LogP contribution in [0.2, 0.25) is 0 Å². The standard InChI is InChI=1S/C11H20O4/c1-4-15-11(2,10(12)13-3)9-6-5-7-14-8-9/h9H,4-8H2,1-3H3. The molecule has 0 aromatic carbocycles. The maximum absolute atomic E-state index is 11.7. The van der Waals surface area contributed by atoms with E-state index in [1.54, 1.807) is 6.92 Å². The molecule has 88 valence electrons. The Morgan fingerprint density at radius 2 is 2.33 bits per heavy atom. The Morgan fingerprint density at radius 3 is 2.80 bits per heavy atom. The van der Waals surface area contributed by atoms with Crippen molar-refractivity contribution < 1.29 is 19.0 Å². The van der Waals surface area contributed by atoms with E-state index < -0.39 is 5.60 Å².